The molecule has 96 valence electrons. The van der Waals surface area contributed by atoms with Crippen LogP contribution in [0.2, 0.25) is 5.02 Å². The molecule has 0 radical (unpaired) electrons. The van der Waals surface area contributed by atoms with Gasteiger partial charge in [-0.2, -0.15) is 0 Å². The van der Waals surface area contributed by atoms with Crippen LogP contribution in [0.15, 0.2) is 16.6 Å². The summed E-state index contributed by atoms with van der Waals surface area (Å²) in [4.78, 5) is 0. The van der Waals surface area contributed by atoms with Crippen LogP contribution >= 0.6 is 27.5 Å². The SMILES string of the molecule is CNC(c1ccc(Br)c(Cl)c1F)C(C)C(C)C. The normalized spacial score (nSPS) is 15.1. The summed E-state index contributed by atoms with van der Waals surface area (Å²) >= 11 is 9.14. The third kappa shape index (κ3) is 3.21. The number of nitrogens with one attached hydrogen (secondary N) is 1. The molecule has 0 spiro atoms. The van der Waals surface area contributed by atoms with E-state index in [0.29, 0.717) is 21.9 Å². The van der Waals surface area contributed by atoms with Gasteiger partial charge in [-0.15, -0.1) is 0 Å². The molecular weight excluding hydrogens is 305 g/mol. The average molecular weight is 323 g/mol. The van der Waals surface area contributed by atoms with Crippen molar-refractivity contribution >= 4 is 27.5 Å². The number of hydrogen-bond donors (Lipinski definition) is 1. The van der Waals surface area contributed by atoms with Crippen LogP contribution in [0.3, 0.4) is 0 Å². The molecule has 1 rings (SSSR count). The van der Waals surface area contributed by atoms with Crippen molar-refractivity contribution in [3.8, 4) is 0 Å². The Labute approximate surface area is 116 Å². The number of rotatable bonds is 4. The predicted molar refractivity (Wildman–Crippen MR) is 74.9 cm³/mol. The maximum absolute atomic E-state index is 14.1. The fourth-order valence-corrected chi connectivity index (χ4v) is 2.35. The van der Waals surface area contributed by atoms with Gasteiger partial charge >= 0.3 is 0 Å². The Hall–Kier alpha value is -0.120. The van der Waals surface area contributed by atoms with Gasteiger partial charge in [0.1, 0.15) is 5.82 Å². The summed E-state index contributed by atoms with van der Waals surface area (Å²) in [7, 11) is 1.85. The Balaban J connectivity index is 3.17. The Morgan fingerprint density at radius 3 is 2.35 bits per heavy atom. The molecule has 0 saturated heterocycles. The minimum absolute atomic E-state index is 0.0272. The molecule has 4 heteroatoms. The van der Waals surface area contributed by atoms with Crippen LogP contribution in [-0.4, -0.2) is 7.05 Å². The zero-order chi connectivity index (χ0) is 13.2. The second-order valence-corrected chi connectivity index (χ2v) is 5.87. The van der Waals surface area contributed by atoms with Gasteiger partial charge in [-0.05, 0) is 40.9 Å². The fraction of sp³-hybridized carbons (Fsp3) is 0.538. The quantitative estimate of drug-likeness (QED) is 0.786. The van der Waals surface area contributed by atoms with Crippen molar-refractivity contribution in [3.05, 3.63) is 33.0 Å². The van der Waals surface area contributed by atoms with E-state index in [9.17, 15) is 4.39 Å². The van der Waals surface area contributed by atoms with Gasteiger partial charge in [-0.25, -0.2) is 4.39 Å². The van der Waals surface area contributed by atoms with Crippen LogP contribution in [0, 0.1) is 17.7 Å². The van der Waals surface area contributed by atoms with Crippen LogP contribution in [0.4, 0.5) is 4.39 Å². The first-order chi connectivity index (χ1) is 7.90. The molecule has 0 amide bonds. The van der Waals surface area contributed by atoms with Crippen LogP contribution in [0.1, 0.15) is 32.4 Å². The molecule has 0 aromatic heterocycles. The largest absolute Gasteiger partial charge is 0.313 e. The van der Waals surface area contributed by atoms with Crippen LogP contribution in [-0.2, 0) is 0 Å². The van der Waals surface area contributed by atoms with E-state index in [4.69, 9.17) is 11.6 Å². The number of hydrogen-bond acceptors (Lipinski definition) is 1. The molecule has 0 fully saturated rings. The van der Waals surface area contributed by atoms with Crippen molar-refractivity contribution in [3.63, 3.8) is 0 Å². The maximum atomic E-state index is 14.1. The van der Waals surface area contributed by atoms with Crippen LogP contribution < -0.4 is 5.32 Å². The summed E-state index contributed by atoms with van der Waals surface area (Å²) in [6.07, 6.45) is 0. The molecule has 0 heterocycles. The zero-order valence-electron chi connectivity index (χ0n) is 10.5. The van der Waals surface area contributed by atoms with Crippen molar-refractivity contribution in [2.75, 3.05) is 7.05 Å². The Kier molecular flexibility index (Phi) is 5.42. The van der Waals surface area contributed by atoms with E-state index >= 15 is 0 Å². The standard InChI is InChI=1S/C13H18BrClFN/c1-7(2)8(3)13(17-4)9-5-6-10(14)11(15)12(9)16/h5-8,13,17H,1-4H3. The first-order valence-electron chi connectivity index (χ1n) is 5.70. The van der Waals surface area contributed by atoms with Crippen molar-refractivity contribution in [1.29, 1.82) is 0 Å². The monoisotopic (exact) mass is 321 g/mol. The summed E-state index contributed by atoms with van der Waals surface area (Å²) in [6, 6.07) is 3.55. The summed E-state index contributed by atoms with van der Waals surface area (Å²) in [6.45, 7) is 6.38. The topological polar surface area (TPSA) is 12.0 Å². The van der Waals surface area contributed by atoms with Gasteiger partial charge in [0, 0.05) is 16.1 Å². The highest BCUT2D eigenvalue weighted by Crippen LogP contribution is 2.34. The van der Waals surface area contributed by atoms with Crippen molar-refractivity contribution in [1.82, 2.24) is 5.32 Å². The molecule has 1 N–H and O–H groups in total. The van der Waals surface area contributed by atoms with E-state index in [1.165, 1.54) is 0 Å². The molecule has 2 atom stereocenters. The molecule has 0 aliphatic rings. The minimum atomic E-state index is -0.340. The lowest BCUT2D eigenvalue weighted by Crippen LogP contribution is -2.27. The Morgan fingerprint density at radius 2 is 1.88 bits per heavy atom. The molecule has 1 nitrogen and oxygen atoms in total. The molecular formula is C13H18BrClFN. The average Bonchev–Trinajstić information content (AvgIpc) is 2.29. The van der Waals surface area contributed by atoms with Gasteiger partial charge in [-0.3, -0.25) is 0 Å². The maximum Gasteiger partial charge on any atom is 0.147 e. The van der Waals surface area contributed by atoms with Gasteiger partial charge in [0.15, 0.2) is 0 Å². The minimum Gasteiger partial charge on any atom is -0.313 e. The Morgan fingerprint density at radius 1 is 1.29 bits per heavy atom. The molecule has 0 aliphatic heterocycles. The fourth-order valence-electron chi connectivity index (χ4n) is 1.87. The van der Waals surface area contributed by atoms with Crippen molar-refractivity contribution < 1.29 is 4.39 Å². The first-order valence-corrected chi connectivity index (χ1v) is 6.87. The zero-order valence-corrected chi connectivity index (χ0v) is 12.9. The highest BCUT2D eigenvalue weighted by Gasteiger charge is 2.24. The molecule has 0 bridgehead atoms. The lowest BCUT2D eigenvalue weighted by molar-refractivity contribution is 0.310. The lowest BCUT2D eigenvalue weighted by Gasteiger charge is -2.27. The summed E-state index contributed by atoms with van der Waals surface area (Å²) in [5.74, 6) is 0.453. The molecule has 1 aromatic carbocycles. The summed E-state index contributed by atoms with van der Waals surface area (Å²) in [5.41, 5.74) is 0.627. The smallest absolute Gasteiger partial charge is 0.147 e. The molecule has 2 unspecified atom stereocenters. The van der Waals surface area contributed by atoms with Gasteiger partial charge in [0.05, 0.1) is 5.02 Å². The molecule has 0 saturated carbocycles. The van der Waals surface area contributed by atoms with Crippen molar-refractivity contribution in [2.45, 2.75) is 26.8 Å². The van der Waals surface area contributed by atoms with Gasteiger partial charge in [0.2, 0.25) is 0 Å². The highest BCUT2D eigenvalue weighted by molar-refractivity contribution is 9.10. The molecule has 0 aliphatic carbocycles. The van der Waals surface area contributed by atoms with Crippen molar-refractivity contribution in [2.24, 2.45) is 11.8 Å². The number of halogens is 3. The third-order valence-corrected chi connectivity index (χ3v) is 4.55. The Bertz CT molecular complexity index is 395. The summed E-state index contributed by atoms with van der Waals surface area (Å²) in [5, 5.41) is 3.32. The van der Waals surface area contributed by atoms with Gasteiger partial charge in [0.25, 0.3) is 0 Å². The summed E-state index contributed by atoms with van der Waals surface area (Å²) < 4.78 is 14.7. The first kappa shape index (κ1) is 14.9. The van der Waals surface area contributed by atoms with Crippen LogP contribution in [0.25, 0.3) is 0 Å². The predicted octanol–water partition coefficient (Wildman–Crippen LogP) is 4.79. The third-order valence-electron chi connectivity index (χ3n) is 3.29. The molecule has 1 aromatic rings. The van der Waals surface area contributed by atoms with E-state index < -0.39 is 0 Å². The van der Waals surface area contributed by atoms with E-state index in [2.05, 4.69) is 42.0 Å². The second kappa shape index (κ2) is 6.17. The molecule has 17 heavy (non-hydrogen) atoms. The van der Waals surface area contributed by atoms with Gasteiger partial charge in [-0.1, -0.05) is 38.4 Å². The van der Waals surface area contributed by atoms with Gasteiger partial charge < -0.3 is 5.32 Å². The van der Waals surface area contributed by atoms with E-state index in [0.717, 1.165) is 0 Å². The van der Waals surface area contributed by atoms with E-state index in [1.807, 2.05) is 7.05 Å². The highest BCUT2D eigenvalue weighted by atomic mass is 79.9. The van der Waals surface area contributed by atoms with E-state index in [1.54, 1.807) is 12.1 Å². The second-order valence-electron chi connectivity index (χ2n) is 4.63. The number of benzene rings is 1. The van der Waals surface area contributed by atoms with Crippen LogP contribution in [0.5, 0.6) is 0 Å². The van der Waals surface area contributed by atoms with E-state index in [-0.39, 0.29) is 16.9 Å². The lowest BCUT2D eigenvalue weighted by atomic mass is 9.86.